The van der Waals surface area contributed by atoms with Gasteiger partial charge in [0.25, 0.3) is 15.9 Å². The molecule has 22 heavy (non-hydrogen) atoms. The number of rotatable bonds is 3. The summed E-state index contributed by atoms with van der Waals surface area (Å²) < 4.78 is 32.0. The van der Waals surface area contributed by atoms with Crippen molar-refractivity contribution in [1.82, 2.24) is 4.98 Å². The van der Waals surface area contributed by atoms with Gasteiger partial charge in [0.15, 0.2) is 11.3 Å². The summed E-state index contributed by atoms with van der Waals surface area (Å²) in [6.45, 7) is 0. The minimum absolute atomic E-state index is 0.166. The number of H-pyrrole nitrogens is 1. The van der Waals surface area contributed by atoms with Gasteiger partial charge in [-0.3, -0.25) is 9.78 Å². The number of oxazole rings is 1. The van der Waals surface area contributed by atoms with Gasteiger partial charge in [0.2, 0.25) is 5.09 Å². The van der Waals surface area contributed by atoms with Gasteiger partial charge in [-0.25, -0.2) is 18.4 Å². The number of benzene rings is 1. The van der Waals surface area contributed by atoms with Crippen molar-refractivity contribution in [2.45, 2.75) is 5.09 Å². The van der Waals surface area contributed by atoms with Gasteiger partial charge in [-0.1, -0.05) is 6.07 Å². The van der Waals surface area contributed by atoms with Gasteiger partial charge in [-0.15, -0.1) is 0 Å². The van der Waals surface area contributed by atoms with Crippen LogP contribution in [0.2, 0.25) is 0 Å². The standard InChI is InChI=1S/C12H9N3O6S/c13-22(18,19)9-5-4-8(20-9)11(16)14-6-2-1-3-7-10(6)21-12(17)15-7/h1-5H,(H,14,16)(H,15,17)(H2,13,18,19). The van der Waals surface area contributed by atoms with Crippen molar-refractivity contribution in [1.29, 1.82) is 0 Å². The number of amides is 1. The number of para-hydroxylation sites is 1. The third kappa shape index (κ3) is 2.52. The number of anilines is 1. The van der Waals surface area contributed by atoms with Crippen LogP contribution in [0.3, 0.4) is 0 Å². The molecule has 4 N–H and O–H groups in total. The molecule has 0 bridgehead atoms. The Hall–Kier alpha value is -2.85. The van der Waals surface area contributed by atoms with Crippen LogP contribution in [-0.2, 0) is 10.0 Å². The number of primary sulfonamides is 1. The van der Waals surface area contributed by atoms with Gasteiger partial charge >= 0.3 is 5.76 Å². The molecule has 0 radical (unpaired) electrons. The van der Waals surface area contributed by atoms with Crippen LogP contribution in [0.5, 0.6) is 0 Å². The molecule has 0 saturated heterocycles. The molecule has 1 aromatic carbocycles. The number of aromatic nitrogens is 1. The van der Waals surface area contributed by atoms with Crippen molar-refractivity contribution in [3.8, 4) is 0 Å². The molecule has 114 valence electrons. The fourth-order valence-corrected chi connectivity index (χ4v) is 2.31. The third-order valence-corrected chi connectivity index (χ3v) is 3.56. The summed E-state index contributed by atoms with van der Waals surface area (Å²) in [7, 11) is -4.03. The summed E-state index contributed by atoms with van der Waals surface area (Å²) in [6, 6.07) is 6.95. The summed E-state index contributed by atoms with van der Waals surface area (Å²) in [5.41, 5.74) is 0.806. The molecule has 0 fully saturated rings. The predicted molar refractivity (Wildman–Crippen MR) is 74.9 cm³/mol. The molecule has 3 aromatic rings. The Kier molecular flexibility index (Phi) is 3.11. The van der Waals surface area contributed by atoms with Crippen LogP contribution < -0.4 is 16.2 Å². The lowest BCUT2D eigenvalue weighted by atomic mass is 10.2. The highest BCUT2D eigenvalue weighted by molar-refractivity contribution is 7.89. The summed E-state index contributed by atoms with van der Waals surface area (Å²) in [5, 5.41) is 6.83. The summed E-state index contributed by atoms with van der Waals surface area (Å²) in [4.78, 5) is 25.7. The fourth-order valence-electron chi connectivity index (χ4n) is 1.85. The smallest absolute Gasteiger partial charge is 0.417 e. The van der Waals surface area contributed by atoms with Crippen molar-refractivity contribution in [2.24, 2.45) is 5.14 Å². The lowest BCUT2D eigenvalue weighted by Crippen LogP contribution is -2.12. The average Bonchev–Trinajstić information content (AvgIpc) is 3.03. The number of carbonyl (C=O) groups is 1. The normalized spacial score (nSPS) is 11.7. The van der Waals surface area contributed by atoms with Gasteiger partial charge < -0.3 is 14.2 Å². The first-order chi connectivity index (χ1) is 10.3. The van der Waals surface area contributed by atoms with Crippen molar-refractivity contribution in [2.75, 3.05) is 5.32 Å². The van der Waals surface area contributed by atoms with Crippen molar-refractivity contribution >= 4 is 32.7 Å². The van der Waals surface area contributed by atoms with Crippen LogP contribution in [0.15, 0.2) is 49.1 Å². The maximum Gasteiger partial charge on any atom is 0.417 e. The first-order valence-electron chi connectivity index (χ1n) is 5.90. The molecule has 9 nitrogen and oxygen atoms in total. The molecule has 0 aliphatic rings. The molecule has 0 atom stereocenters. The zero-order chi connectivity index (χ0) is 15.9. The van der Waals surface area contributed by atoms with Gasteiger partial charge in [0.1, 0.15) is 0 Å². The number of hydrogen-bond acceptors (Lipinski definition) is 6. The zero-order valence-electron chi connectivity index (χ0n) is 10.8. The zero-order valence-corrected chi connectivity index (χ0v) is 11.6. The van der Waals surface area contributed by atoms with E-state index in [4.69, 9.17) is 14.0 Å². The average molecular weight is 323 g/mol. The maximum atomic E-state index is 12.0. The van der Waals surface area contributed by atoms with Crippen LogP contribution in [0.1, 0.15) is 10.6 Å². The Labute approximate surface area is 122 Å². The number of carbonyl (C=O) groups excluding carboxylic acids is 1. The molecule has 0 saturated carbocycles. The number of fused-ring (bicyclic) bond motifs is 1. The Morgan fingerprint density at radius 1 is 1.18 bits per heavy atom. The predicted octanol–water partition coefficient (Wildman–Crippen LogP) is 0.614. The number of aromatic amines is 1. The number of sulfonamides is 1. The van der Waals surface area contributed by atoms with Gasteiger partial charge in [0, 0.05) is 0 Å². The van der Waals surface area contributed by atoms with Crippen LogP contribution in [-0.4, -0.2) is 19.3 Å². The second-order valence-corrected chi connectivity index (χ2v) is 5.81. The van der Waals surface area contributed by atoms with E-state index >= 15 is 0 Å². The largest absolute Gasteiger partial charge is 0.438 e. The SMILES string of the molecule is NS(=O)(=O)c1ccc(C(=O)Nc2cccc3[nH]c(=O)oc23)o1. The second-order valence-electron chi connectivity index (χ2n) is 4.31. The van der Waals surface area contributed by atoms with Crippen LogP contribution in [0, 0.1) is 0 Å². The highest BCUT2D eigenvalue weighted by Crippen LogP contribution is 2.22. The van der Waals surface area contributed by atoms with E-state index in [-0.39, 0.29) is 17.0 Å². The molecule has 2 aromatic heterocycles. The maximum absolute atomic E-state index is 12.0. The lowest BCUT2D eigenvalue weighted by Gasteiger charge is -2.03. The summed E-state index contributed by atoms with van der Waals surface area (Å²) in [6.07, 6.45) is 0. The molecule has 10 heteroatoms. The second kappa shape index (κ2) is 4.86. The lowest BCUT2D eigenvalue weighted by molar-refractivity contribution is 0.0991. The Bertz CT molecular complexity index is 1030. The number of nitrogens with two attached hydrogens (primary N) is 1. The molecule has 0 unspecified atom stereocenters. The van der Waals surface area contributed by atoms with E-state index in [1.54, 1.807) is 12.1 Å². The summed E-state index contributed by atoms with van der Waals surface area (Å²) >= 11 is 0. The molecule has 3 rings (SSSR count). The molecule has 1 amide bonds. The third-order valence-electron chi connectivity index (χ3n) is 2.78. The first-order valence-corrected chi connectivity index (χ1v) is 7.45. The van der Waals surface area contributed by atoms with Crippen LogP contribution in [0.25, 0.3) is 11.1 Å². The number of hydrogen-bond donors (Lipinski definition) is 3. The van der Waals surface area contributed by atoms with E-state index < -0.39 is 26.8 Å². The topological polar surface area (TPSA) is 148 Å². The molecule has 0 spiro atoms. The Morgan fingerprint density at radius 2 is 1.95 bits per heavy atom. The van der Waals surface area contributed by atoms with E-state index in [1.807, 2.05) is 0 Å². The molecular formula is C12H9N3O6S. The Balaban J connectivity index is 1.93. The minimum atomic E-state index is -4.03. The Morgan fingerprint density at radius 3 is 2.64 bits per heavy atom. The van der Waals surface area contributed by atoms with Gasteiger partial charge in [-0.05, 0) is 24.3 Å². The van der Waals surface area contributed by atoms with Crippen molar-refractivity contribution < 1.29 is 22.0 Å². The van der Waals surface area contributed by atoms with Crippen molar-refractivity contribution in [3.05, 3.63) is 46.6 Å². The monoisotopic (exact) mass is 323 g/mol. The minimum Gasteiger partial charge on any atom is -0.438 e. The van der Waals surface area contributed by atoms with Crippen LogP contribution >= 0.6 is 0 Å². The van der Waals surface area contributed by atoms with Gasteiger partial charge in [-0.2, -0.15) is 0 Å². The van der Waals surface area contributed by atoms with Gasteiger partial charge in [0.05, 0.1) is 11.2 Å². The van der Waals surface area contributed by atoms with E-state index in [2.05, 4.69) is 10.3 Å². The van der Waals surface area contributed by atoms with E-state index in [0.29, 0.717) is 5.52 Å². The van der Waals surface area contributed by atoms with E-state index in [1.165, 1.54) is 12.1 Å². The highest BCUT2D eigenvalue weighted by atomic mass is 32.2. The van der Waals surface area contributed by atoms with E-state index in [9.17, 15) is 18.0 Å². The van der Waals surface area contributed by atoms with E-state index in [0.717, 1.165) is 6.07 Å². The molecule has 0 aliphatic carbocycles. The quantitative estimate of drug-likeness (QED) is 0.643. The van der Waals surface area contributed by atoms with Crippen molar-refractivity contribution in [3.63, 3.8) is 0 Å². The first kappa shape index (κ1) is 14.1. The summed E-state index contributed by atoms with van der Waals surface area (Å²) in [5.74, 6) is -1.63. The molecular weight excluding hydrogens is 314 g/mol. The molecule has 2 heterocycles. The highest BCUT2D eigenvalue weighted by Gasteiger charge is 2.18. The fraction of sp³-hybridized carbons (Fsp3) is 0. The molecule has 0 aliphatic heterocycles. The number of furan rings is 1. The number of nitrogens with one attached hydrogen (secondary N) is 2. The van der Waals surface area contributed by atoms with Crippen LogP contribution in [0.4, 0.5) is 5.69 Å².